The fraction of sp³-hybridized carbons (Fsp3) is 0.367. The lowest BCUT2D eigenvalue weighted by atomic mass is 10.1. The molecule has 3 N–H and O–H groups in total. The van der Waals surface area contributed by atoms with Gasteiger partial charge >= 0.3 is 5.97 Å². The largest absolute Gasteiger partial charge is 0.481 e. The number of anilines is 2. The number of halogens is 1. The van der Waals surface area contributed by atoms with Crippen LogP contribution < -0.4 is 25.0 Å². The Kier molecular flexibility index (Phi) is 9.06. The second-order valence-corrected chi connectivity index (χ2v) is 10.9. The molecule has 0 spiro atoms. The maximum atomic E-state index is 12.7. The van der Waals surface area contributed by atoms with Gasteiger partial charge in [0.2, 0.25) is 18.6 Å². The Hall–Kier alpha value is -4.38. The number of carbonyl (C=O) groups is 3. The number of carboxylic acid groups (broad SMARTS) is 1. The summed E-state index contributed by atoms with van der Waals surface area (Å²) in [6, 6.07) is 12.9. The van der Waals surface area contributed by atoms with Crippen molar-refractivity contribution < 1.29 is 29.0 Å². The smallest absolute Gasteiger partial charge is 0.308 e. The van der Waals surface area contributed by atoms with Crippen molar-refractivity contribution in [3.05, 3.63) is 70.1 Å². The fourth-order valence-corrected chi connectivity index (χ4v) is 5.45. The molecule has 0 saturated heterocycles. The van der Waals surface area contributed by atoms with Crippen molar-refractivity contribution in [2.75, 3.05) is 30.6 Å². The van der Waals surface area contributed by atoms with E-state index < -0.39 is 5.97 Å². The quantitative estimate of drug-likeness (QED) is 0.283. The van der Waals surface area contributed by atoms with Crippen LogP contribution in [-0.2, 0) is 33.6 Å². The zero-order valence-electron chi connectivity index (χ0n) is 23.2. The standard InChI is InChI=1S/C30H32ClN5O6/c1-36(16-27(38)32-20-6-2-3-7-20)30-22(15-28(39)40)29(31)34-25(35-30)13-18-5-4-8-21(11-18)33-26(37)14-19-9-10-23-24(12-19)42-17-41-23/h4-5,8-12,20H,2-3,6-7,13-17H2,1H3,(H,32,38)(H,33,37)(H,39,40). The summed E-state index contributed by atoms with van der Waals surface area (Å²) in [5.41, 5.74) is 2.46. The van der Waals surface area contributed by atoms with Crippen molar-refractivity contribution in [1.82, 2.24) is 15.3 Å². The predicted molar refractivity (Wildman–Crippen MR) is 156 cm³/mol. The number of carbonyl (C=O) groups excluding carboxylic acids is 2. The van der Waals surface area contributed by atoms with Crippen LogP contribution in [0.5, 0.6) is 11.5 Å². The Labute approximate surface area is 248 Å². The van der Waals surface area contributed by atoms with Crippen LogP contribution in [0.3, 0.4) is 0 Å². The van der Waals surface area contributed by atoms with E-state index in [0.29, 0.717) is 28.8 Å². The molecule has 220 valence electrons. The highest BCUT2D eigenvalue weighted by molar-refractivity contribution is 6.30. The highest BCUT2D eigenvalue weighted by atomic mass is 35.5. The van der Waals surface area contributed by atoms with E-state index in [4.69, 9.17) is 21.1 Å². The summed E-state index contributed by atoms with van der Waals surface area (Å²) >= 11 is 6.46. The summed E-state index contributed by atoms with van der Waals surface area (Å²) in [6.07, 6.45) is 4.16. The van der Waals surface area contributed by atoms with Crippen LogP contribution in [0.25, 0.3) is 0 Å². The number of nitrogens with one attached hydrogen (secondary N) is 2. The first-order valence-electron chi connectivity index (χ1n) is 13.8. The molecule has 2 amide bonds. The first-order valence-corrected chi connectivity index (χ1v) is 14.2. The zero-order valence-corrected chi connectivity index (χ0v) is 23.9. The number of ether oxygens (including phenoxy) is 2. The van der Waals surface area contributed by atoms with Crippen LogP contribution in [0, 0.1) is 0 Å². The van der Waals surface area contributed by atoms with Gasteiger partial charge in [-0.3, -0.25) is 14.4 Å². The Balaban J connectivity index is 1.28. The molecule has 0 atom stereocenters. The third kappa shape index (κ3) is 7.47. The molecule has 0 bridgehead atoms. The fourth-order valence-electron chi connectivity index (χ4n) is 5.20. The third-order valence-corrected chi connectivity index (χ3v) is 7.46. The zero-order chi connectivity index (χ0) is 29.6. The lowest BCUT2D eigenvalue weighted by molar-refractivity contribution is -0.136. The normalized spacial score (nSPS) is 14.0. The second kappa shape index (κ2) is 13.1. The molecule has 3 aromatic rings. The summed E-state index contributed by atoms with van der Waals surface area (Å²) < 4.78 is 10.7. The van der Waals surface area contributed by atoms with Gasteiger partial charge in [-0.05, 0) is 48.2 Å². The number of hydrogen-bond donors (Lipinski definition) is 3. The number of nitrogens with zero attached hydrogens (tertiary/aromatic N) is 3. The van der Waals surface area contributed by atoms with Crippen LogP contribution in [0.15, 0.2) is 42.5 Å². The van der Waals surface area contributed by atoms with Crippen molar-refractivity contribution in [2.24, 2.45) is 0 Å². The highest BCUT2D eigenvalue weighted by Crippen LogP contribution is 2.32. The number of benzene rings is 2. The first kappa shape index (κ1) is 29.1. The van der Waals surface area contributed by atoms with Crippen molar-refractivity contribution in [3.63, 3.8) is 0 Å². The van der Waals surface area contributed by atoms with Gasteiger partial charge in [0.25, 0.3) is 0 Å². The molecule has 11 nitrogen and oxygen atoms in total. The van der Waals surface area contributed by atoms with E-state index in [1.807, 2.05) is 24.3 Å². The van der Waals surface area contributed by atoms with E-state index in [1.165, 1.54) is 0 Å². The summed E-state index contributed by atoms with van der Waals surface area (Å²) in [7, 11) is 1.68. The van der Waals surface area contributed by atoms with Crippen molar-refractivity contribution in [1.29, 1.82) is 0 Å². The number of carboxylic acids is 1. The Morgan fingerprint density at radius 3 is 2.57 bits per heavy atom. The summed E-state index contributed by atoms with van der Waals surface area (Å²) in [6.45, 7) is 0.170. The molecule has 42 heavy (non-hydrogen) atoms. The molecule has 1 fully saturated rings. The number of fused-ring (bicyclic) bond motifs is 1. The minimum absolute atomic E-state index is 0.000781. The minimum Gasteiger partial charge on any atom is -0.481 e. The molecule has 2 aromatic carbocycles. The van der Waals surface area contributed by atoms with E-state index in [2.05, 4.69) is 20.6 Å². The lowest BCUT2D eigenvalue weighted by Crippen LogP contribution is -2.40. The second-order valence-electron chi connectivity index (χ2n) is 10.5. The average molecular weight is 594 g/mol. The predicted octanol–water partition coefficient (Wildman–Crippen LogP) is 3.75. The number of aliphatic carboxylic acids is 1. The van der Waals surface area contributed by atoms with Gasteiger partial charge in [0.05, 0.1) is 19.4 Å². The van der Waals surface area contributed by atoms with E-state index >= 15 is 0 Å². The number of likely N-dealkylation sites (N-methyl/N-ethyl adjacent to an activating group) is 1. The molecule has 5 rings (SSSR count). The van der Waals surface area contributed by atoms with Gasteiger partial charge in [-0.15, -0.1) is 0 Å². The van der Waals surface area contributed by atoms with Gasteiger partial charge < -0.3 is 30.1 Å². The molecule has 1 saturated carbocycles. The molecular formula is C30H32ClN5O6. The molecule has 1 aliphatic carbocycles. The molecule has 0 radical (unpaired) electrons. The summed E-state index contributed by atoms with van der Waals surface area (Å²) in [4.78, 5) is 47.5. The number of hydrogen-bond acceptors (Lipinski definition) is 8. The monoisotopic (exact) mass is 593 g/mol. The third-order valence-electron chi connectivity index (χ3n) is 7.15. The molecule has 2 aliphatic rings. The van der Waals surface area contributed by atoms with Crippen LogP contribution in [-0.4, -0.2) is 59.3 Å². The summed E-state index contributed by atoms with van der Waals surface area (Å²) in [5, 5.41) is 15.4. The van der Waals surface area contributed by atoms with E-state index in [-0.39, 0.29) is 61.2 Å². The molecule has 1 aliphatic heterocycles. The maximum Gasteiger partial charge on any atom is 0.308 e. The van der Waals surface area contributed by atoms with E-state index in [0.717, 1.165) is 36.8 Å². The molecular weight excluding hydrogens is 562 g/mol. The van der Waals surface area contributed by atoms with E-state index in [9.17, 15) is 19.5 Å². The Morgan fingerprint density at radius 2 is 1.79 bits per heavy atom. The first-order chi connectivity index (χ1) is 20.2. The lowest BCUT2D eigenvalue weighted by Gasteiger charge is -2.23. The van der Waals surface area contributed by atoms with Crippen molar-refractivity contribution in [2.45, 2.75) is 51.0 Å². The van der Waals surface area contributed by atoms with Gasteiger partial charge in [-0.2, -0.15) is 0 Å². The topological polar surface area (TPSA) is 143 Å². The SMILES string of the molecule is CN(CC(=O)NC1CCCC1)c1nc(Cc2cccc(NC(=O)Cc3ccc4c(c3)OCO4)c2)nc(Cl)c1CC(=O)O. The van der Waals surface area contributed by atoms with Gasteiger partial charge in [0.15, 0.2) is 11.5 Å². The number of aromatic nitrogens is 2. The van der Waals surface area contributed by atoms with Crippen LogP contribution in [0.4, 0.5) is 11.5 Å². The Morgan fingerprint density at radius 1 is 1.00 bits per heavy atom. The highest BCUT2D eigenvalue weighted by Gasteiger charge is 2.23. The average Bonchev–Trinajstić information content (AvgIpc) is 3.61. The van der Waals surface area contributed by atoms with Crippen LogP contribution in [0.1, 0.15) is 48.2 Å². The van der Waals surface area contributed by atoms with Gasteiger partial charge in [-0.1, -0.05) is 42.6 Å². The van der Waals surface area contributed by atoms with Gasteiger partial charge in [-0.25, -0.2) is 9.97 Å². The van der Waals surface area contributed by atoms with Gasteiger partial charge in [0, 0.05) is 30.8 Å². The van der Waals surface area contributed by atoms with E-state index in [1.54, 1.807) is 30.1 Å². The summed E-state index contributed by atoms with van der Waals surface area (Å²) in [5.74, 6) is 0.497. The van der Waals surface area contributed by atoms with Crippen molar-refractivity contribution in [3.8, 4) is 11.5 Å². The Bertz CT molecular complexity index is 1490. The molecule has 1 aromatic heterocycles. The minimum atomic E-state index is -1.08. The van der Waals surface area contributed by atoms with Crippen LogP contribution >= 0.6 is 11.6 Å². The molecule has 0 unspecified atom stereocenters. The molecule has 12 heteroatoms. The van der Waals surface area contributed by atoms with Crippen molar-refractivity contribution >= 4 is 40.9 Å². The molecule has 2 heterocycles. The maximum absolute atomic E-state index is 12.7. The number of rotatable bonds is 11. The number of amides is 2. The van der Waals surface area contributed by atoms with Crippen LogP contribution in [0.2, 0.25) is 5.15 Å². The van der Waals surface area contributed by atoms with Gasteiger partial charge in [0.1, 0.15) is 16.8 Å².